The van der Waals surface area contributed by atoms with Crippen LogP contribution in [-0.4, -0.2) is 21.2 Å². The predicted octanol–water partition coefficient (Wildman–Crippen LogP) is 2.98. The van der Waals surface area contributed by atoms with Crippen molar-refractivity contribution in [3.63, 3.8) is 0 Å². The Hall–Kier alpha value is -2.42. The number of carboxylic acid groups (broad SMARTS) is 1. The molecule has 0 radical (unpaired) electrons. The van der Waals surface area contributed by atoms with Crippen molar-refractivity contribution in [2.45, 2.75) is 12.8 Å². The van der Waals surface area contributed by atoms with Crippen molar-refractivity contribution in [1.29, 1.82) is 0 Å². The lowest BCUT2D eigenvalue weighted by molar-refractivity contribution is -0.401. The van der Waals surface area contributed by atoms with Gasteiger partial charge in [0.05, 0.1) is 23.7 Å². The van der Waals surface area contributed by atoms with Crippen LogP contribution in [0.15, 0.2) is 44.2 Å². The molecule has 2 heterocycles. The molecule has 2 aromatic heterocycles. The molecule has 0 fully saturated rings. The fourth-order valence-corrected chi connectivity index (χ4v) is 1.48. The highest BCUT2D eigenvalue weighted by Gasteiger charge is 2.03. The number of aryl methyl sites for hydroxylation is 1. The fourth-order valence-electron chi connectivity index (χ4n) is 1.16. The van der Waals surface area contributed by atoms with Crippen LogP contribution in [0.25, 0.3) is 6.08 Å². The molecular weight excluding hydrogens is 348 g/mol. The van der Waals surface area contributed by atoms with Crippen LogP contribution in [0.1, 0.15) is 17.9 Å². The quantitative estimate of drug-likeness (QED) is 0.644. The third-order valence-corrected chi connectivity index (χ3v) is 2.39. The summed E-state index contributed by atoms with van der Waals surface area (Å²) in [4.78, 5) is 19.3. The lowest BCUT2D eigenvalue weighted by Crippen LogP contribution is -1.96. The van der Waals surface area contributed by atoms with Crippen LogP contribution < -0.4 is 0 Å². The third kappa shape index (κ3) is 7.67. The van der Waals surface area contributed by atoms with Gasteiger partial charge in [0.1, 0.15) is 16.1 Å². The molecule has 0 amide bonds. The van der Waals surface area contributed by atoms with Crippen molar-refractivity contribution in [2.75, 3.05) is 0 Å². The molecule has 2 aromatic rings. The summed E-state index contributed by atoms with van der Waals surface area (Å²) in [5, 5.41) is 21.6. The van der Waals surface area contributed by atoms with E-state index in [-0.39, 0.29) is 6.42 Å². The van der Waals surface area contributed by atoms with Crippen LogP contribution >= 0.6 is 15.9 Å². The standard InChI is InChI=1S/C6H6BrNO3.C6H5NO3/c7-5-3-4(11-8-5)1-2-6(9)10;8-7(9)4-3-6-2-1-5-10-6/h3H,1-2H2,(H,9,10);1-5H/b;4-3+. The molecule has 0 bridgehead atoms. The summed E-state index contributed by atoms with van der Waals surface area (Å²) in [6.07, 6.45) is 4.04. The van der Waals surface area contributed by atoms with E-state index in [4.69, 9.17) is 14.0 Å². The van der Waals surface area contributed by atoms with E-state index < -0.39 is 10.9 Å². The van der Waals surface area contributed by atoms with Crippen LogP contribution in [0.4, 0.5) is 0 Å². The number of aromatic nitrogens is 1. The summed E-state index contributed by atoms with van der Waals surface area (Å²) in [5.74, 6) is 0.230. The highest BCUT2D eigenvalue weighted by Crippen LogP contribution is 2.11. The van der Waals surface area contributed by atoms with Gasteiger partial charge in [-0.05, 0) is 28.1 Å². The van der Waals surface area contributed by atoms with Gasteiger partial charge >= 0.3 is 5.97 Å². The van der Waals surface area contributed by atoms with Crippen molar-refractivity contribution in [3.8, 4) is 0 Å². The van der Waals surface area contributed by atoms with Gasteiger partial charge in [-0.3, -0.25) is 14.9 Å². The number of nitrogens with zero attached hydrogens (tertiary/aromatic N) is 2. The molecule has 9 heteroatoms. The first-order valence-electron chi connectivity index (χ1n) is 5.65. The first kappa shape index (κ1) is 16.6. The molecule has 21 heavy (non-hydrogen) atoms. The number of hydrogen-bond acceptors (Lipinski definition) is 6. The predicted molar refractivity (Wildman–Crippen MR) is 74.9 cm³/mol. The normalized spacial score (nSPS) is 10.1. The number of rotatable bonds is 5. The monoisotopic (exact) mass is 358 g/mol. The molecule has 0 aliphatic carbocycles. The number of aliphatic carboxylic acids is 1. The topological polar surface area (TPSA) is 120 Å². The van der Waals surface area contributed by atoms with Gasteiger partial charge in [-0.25, -0.2) is 0 Å². The molecule has 2 rings (SSSR count). The second-order valence-electron chi connectivity index (χ2n) is 3.63. The van der Waals surface area contributed by atoms with E-state index in [1.807, 2.05) is 0 Å². The van der Waals surface area contributed by atoms with Gasteiger partial charge in [0.25, 0.3) is 0 Å². The molecule has 112 valence electrons. The Labute approximate surface area is 127 Å². The maximum absolute atomic E-state index is 10.1. The minimum atomic E-state index is -0.836. The van der Waals surface area contributed by atoms with E-state index >= 15 is 0 Å². The summed E-state index contributed by atoms with van der Waals surface area (Å²) in [6.45, 7) is 0. The van der Waals surface area contributed by atoms with Gasteiger partial charge in [-0.1, -0.05) is 5.16 Å². The largest absolute Gasteiger partial charge is 0.481 e. The second-order valence-corrected chi connectivity index (χ2v) is 4.44. The van der Waals surface area contributed by atoms with Gasteiger partial charge in [-0.2, -0.15) is 0 Å². The molecular formula is C12H11BrN2O6. The van der Waals surface area contributed by atoms with Gasteiger partial charge in [-0.15, -0.1) is 0 Å². The van der Waals surface area contributed by atoms with Gasteiger partial charge in [0.2, 0.25) is 6.20 Å². The Bertz CT molecular complexity index is 605. The zero-order valence-electron chi connectivity index (χ0n) is 10.6. The molecule has 0 saturated heterocycles. The highest BCUT2D eigenvalue weighted by molar-refractivity contribution is 9.10. The SMILES string of the molecule is O=C(O)CCc1cc(Br)no1.O=[N+]([O-])/C=C/c1ccco1. The van der Waals surface area contributed by atoms with Gasteiger partial charge in [0.15, 0.2) is 0 Å². The average Bonchev–Trinajstić information content (AvgIpc) is 3.06. The van der Waals surface area contributed by atoms with Crippen molar-refractivity contribution in [2.24, 2.45) is 0 Å². The third-order valence-electron chi connectivity index (χ3n) is 2.02. The number of halogens is 1. The van der Waals surface area contributed by atoms with Crippen LogP contribution in [0.5, 0.6) is 0 Å². The summed E-state index contributed by atoms with van der Waals surface area (Å²) in [5.41, 5.74) is 0. The maximum atomic E-state index is 10.1. The molecule has 0 spiro atoms. The van der Waals surface area contributed by atoms with E-state index in [1.54, 1.807) is 18.2 Å². The molecule has 0 saturated carbocycles. The number of furan rings is 1. The van der Waals surface area contributed by atoms with E-state index in [2.05, 4.69) is 21.1 Å². The Morgan fingerprint density at radius 3 is 2.81 bits per heavy atom. The molecule has 8 nitrogen and oxygen atoms in total. The molecule has 0 unspecified atom stereocenters. The smallest absolute Gasteiger partial charge is 0.303 e. The van der Waals surface area contributed by atoms with E-state index in [9.17, 15) is 14.9 Å². The Kier molecular flexibility index (Phi) is 6.88. The Morgan fingerprint density at radius 1 is 1.57 bits per heavy atom. The fraction of sp³-hybridized carbons (Fsp3) is 0.167. The average molecular weight is 359 g/mol. The highest BCUT2D eigenvalue weighted by atomic mass is 79.9. The number of nitro groups is 1. The van der Waals surface area contributed by atoms with E-state index in [0.717, 1.165) is 6.20 Å². The molecule has 0 atom stereocenters. The molecule has 0 aliphatic heterocycles. The van der Waals surface area contributed by atoms with Crippen LogP contribution in [0, 0.1) is 10.1 Å². The Balaban J connectivity index is 0.000000211. The first-order valence-corrected chi connectivity index (χ1v) is 6.44. The molecule has 0 aromatic carbocycles. The maximum Gasteiger partial charge on any atom is 0.303 e. The minimum absolute atomic E-state index is 0.0711. The van der Waals surface area contributed by atoms with Crippen LogP contribution in [-0.2, 0) is 11.2 Å². The summed E-state index contributed by atoms with van der Waals surface area (Å²) < 4.78 is 10.1. The van der Waals surface area contributed by atoms with Crippen molar-refractivity contribution >= 4 is 28.0 Å². The van der Waals surface area contributed by atoms with Crippen LogP contribution in [0.3, 0.4) is 0 Å². The second kappa shape index (κ2) is 8.69. The van der Waals surface area contributed by atoms with Gasteiger partial charge in [0, 0.05) is 12.5 Å². The Morgan fingerprint density at radius 2 is 2.33 bits per heavy atom. The number of carboxylic acids is 1. The lowest BCUT2D eigenvalue weighted by atomic mass is 10.2. The van der Waals surface area contributed by atoms with Crippen molar-refractivity contribution in [3.05, 3.63) is 56.9 Å². The number of hydrogen-bond donors (Lipinski definition) is 1. The summed E-state index contributed by atoms with van der Waals surface area (Å²) in [6, 6.07) is 4.96. The lowest BCUT2D eigenvalue weighted by Gasteiger charge is -1.87. The first-order chi connectivity index (χ1) is 9.97. The van der Waals surface area contributed by atoms with Gasteiger partial charge < -0.3 is 14.0 Å². The van der Waals surface area contributed by atoms with Crippen LogP contribution in [0.2, 0.25) is 0 Å². The van der Waals surface area contributed by atoms with Crippen molar-refractivity contribution < 1.29 is 23.8 Å². The summed E-state index contributed by atoms with van der Waals surface area (Å²) in [7, 11) is 0. The summed E-state index contributed by atoms with van der Waals surface area (Å²) >= 11 is 3.09. The number of carbonyl (C=O) groups is 1. The molecule has 0 aliphatic rings. The van der Waals surface area contributed by atoms with E-state index in [0.29, 0.717) is 22.5 Å². The zero-order chi connectivity index (χ0) is 15.7. The molecule has 1 N–H and O–H groups in total. The van der Waals surface area contributed by atoms with E-state index in [1.165, 1.54) is 12.3 Å². The zero-order valence-corrected chi connectivity index (χ0v) is 12.2. The minimum Gasteiger partial charge on any atom is -0.481 e. The van der Waals surface area contributed by atoms with Crippen molar-refractivity contribution in [1.82, 2.24) is 5.16 Å².